The zero-order valence-electron chi connectivity index (χ0n) is 11.1. The average molecular weight is 251 g/mol. The second kappa shape index (κ2) is 5.55. The van der Waals surface area contributed by atoms with Gasteiger partial charge in [0.2, 0.25) is 5.91 Å². The molecule has 0 saturated carbocycles. The van der Waals surface area contributed by atoms with E-state index in [2.05, 4.69) is 12.2 Å². The quantitative estimate of drug-likeness (QED) is 0.553. The summed E-state index contributed by atoms with van der Waals surface area (Å²) in [5.74, 6) is 0.365. The van der Waals surface area contributed by atoms with Crippen molar-refractivity contribution in [3.8, 4) is 0 Å². The molecule has 1 heterocycles. The fraction of sp³-hybridized carbons (Fsp3) is 0.714. The van der Waals surface area contributed by atoms with E-state index in [0.717, 1.165) is 19.3 Å². The number of nitrogens with zero attached hydrogens (tertiary/aromatic N) is 1. The van der Waals surface area contributed by atoms with E-state index in [-0.39, 0.29) is 29.6 Å². The van der Waals surface area contributed by atoms with Gasteiger partial charge in [-0.1, -0.05) is 19.1 Å². The lowest BCUT2D eigenvalue weighted by Crippen LogP contribution is -2.47. The minimum absolute atomic E-state index is 0.0549. The third-order valence-electron chi connectivity index (χ3n) is 4.08. The number of carbonyl (C=O) groups excluding carboxylic acids is 2. The highest BCUT2D eigenvalue weighted by atomic mass is 16.5. The summed E-state index contributed by atoms with van der Waals surface area (Å²) in [4.78, 5) is 25.8. The van der Waals surface area contributed by atoms with Gasteiger partial charge in [0.15, 0.2) is 0 Å². The van der Waals surface area contributed by atoms with Crippen molar-refractivity contribution in [2.45, 2.75) is 26.2 Å². The maximum Gasteiger partial charge on any atom is 0.309 e. The number of hydrogen-bond acceptors (Lipinski definition) is 3. The van der Waals surface area contributed by atoms with Crippen molar-refractivity contribution in [2.24, 2.45) is 17.8 Å². The Balaban J connectivity index is 1.91. The van der Waals surface area contributed by atoms with Gasteiger partial charge >= 0.3 is 5.97 Å². The number of piperidine rings is 1. The van der Waals surface area contributed by atoms with Gasteiger partial charge < -0.3 is 9.64 Å². The first-order valence-corrected chi connectivity index (χ1v) is 6.65. The first-order valence-electron chi connectivity index (χ1n) is 6.65. The van der Waals surface area contributed by atoms with Crippen LogP contribution in [0.3, 0.4) is 0 Å². The molecular weight excluding hydrogens is 230 g/mol. The maximum absolute atomic E-state index is 12.3. The van der Waals surface area contributed by atoms with Crippen molar-refractivity contribution in [2.75, 3.05) is 20.2 Å². The van der Waals surface area contributed by atoms with Crippen molar-refractivity contribution >= 4 is 11.9 Å². The summed E-state index contributed by atoms with van der Waals surface area (Å²) < 4.78 is 4.80. The van der Waals surface area contributed by atoms with Crippen LogP contribution in [0, 0.1) is 17.8 Å². The Morgan fingerprint density at radius 2 is 1.94 bits per heavy atom. The Labute approximate surface area is 108 Å². The molecule has 4 nitrogen and oxygen atoms in total. The van der Waals surface area contributed by atoms with E-state index in [1.54, 1.807) is 0 Å². The van der Waals surface area contributed by atoms with Gasteiger partial charge in [-0.2, -0.15) is 0 Å². The van der Waals surface area contributed by atoms with Crippen LogP contribution in [-0.2, 0) is 14.3 Å². The van der Waals surface area contributed by atoms with E-state index in [1.807, 2.05) is 11.8 Å². The summed E-state index contributed by atoms with van der Waals surface area (Å²) >= 11 is 0. The Bertz CT molecular complexity index is 356. The van der Waals surface area contributed by atoms with Crippen LogP contribution in [0.2, 0.25) is 0 Å². The fourth-order valence-corrected chi connectivity index (χ4v) is 2.92. The predicted molar refractivity (Wildman–Crippen MR) is 67.7 cm³/mol. The highest BCUT2D eigenvalue weighted by Gasteiger charge is 2.35. The minimum Gasteiger partial charge on any atom is -0.469 e. The summed E-state index contributed by atoms with van der Waals surface area (Å²) in [6.45, 7) is 3.38. The molecule has 0 unspecified atom stereocenters. The molecule has 1 aliphatic heterocycles. The van der Waals surface area contributed by atoms with Gasteiger partial charge in [0.05, 0.1) is 13.0 Å². The molecule has 1 amide bonds. The predicted octanol–water partition coefficient (Wildman–Crippen LogP) is 1.61. The van der Waals surface area contributed by atoms with Crippen LogP contribution in [-0.4, -0.2) is 37.0 Å². The number of allylic oxidation sites excluding steroid dienone is 2. The lowest BCUT2D eigenvalue weighted by Gasteiger charge is -2.36. The second-order valence-electron chi connectivity index (χ2n) is 5.32. The lowest BCUT2D eigenvalue weighted by atomic mass is 9.86. The van der Waals surface area contributed by atoms with Gasteiger partial charge in [-0.15, -0.1) is 0 Å². The molecule has 0 radical (unpaired) electrons. The average Bonchev–Trinajstić information content (AvgIpc) is 2.90. The van der Waals surface area contributed by atoms with Gasteiger partial charge in [0.25, 0.3) is 0 Å². The number of amides is 1. The molecule has 0 N–H and O–H groups in total. The van der Waals surface area contributed by atoms with Gasteiger partial charge in [0.1, 0.15) is 0 Å². The maximum atomic E-state index is 12.3. The molecule has 2 atom stereocenters. The normalized spacial score (nSPS) is 28.4. The molecule has 100 valence electrons. The molecule has 0 aromatic rings. The van der Waals surface area contributed by atoms with Crippen LogP contribution in [0.4, 0.5) is 0 Å². The van der Waals surface area contributed by atoms with Crippen LogP contribution < -0.4 is 0 Å². The number of carbonyl (C=O) groups is 2. The molecule has 18 heavy (non-hydrogen) atoms. The monoisotopic (exact) mass is 251 g/mol. The summed E-state index contributed by atoms with van der Waals surface area (Å²) in [7, 11) is 1.43. The largest absolute Gasteiger partial charge is 0.469 e. The molecule has 2 rings (SSSR count). The third kappa shape index (κ3) is 2.57. The van der Waals surface area contributed by atoms with Crippen LogP contribution in [0.25, 0.3) is 0 Å². The van der Waals surface area contributed by atoms with Crippen molar-refractivity contribution < 1.29 is 14.3 Å². The first kappa shape index (κ1) is 13.1. The van der Waals surface area contributed by atoms with Crippen molar-refractivity contribution in [1.82, 2.24) is 4.90 Å². The van der Waals surface area contributed by atoms with Gasteiger partial charge in [-0.3, -0.25) is 9.59 Å². The number of methoxy groups -OCH3 is 1. The molecule has 0 bridgehead atoms. The smallest absolute Gasteiger partial charge is 0.309 e. The molecule has 4 heteroatoms. The lowest BCUT2D eigenvalue weighted by molar-refractivity contribution is -0.152. The van der Waals surface area contributed by atoms with E-state index in [4.69, 9.17) is 4.74 Å². The van der Waals surface area contributed by atoms with Crippen LogP contribution in [0.5, 0.6) is 0 Å². The molecule has 0 aromatic carbocycles. The molecule has 1 aliphatic carbocycles. The molecule has 1 saturated heterocycles. The van der Waals surface area contributed by atoms with E-state index in [0.29, 0.717) is 13.1 Å². The van der Waals surface area contributed by atoms with Gasteiger partial charge in [-0.25, -0.2) is 0 Å². The topological polar surface area (TPSA) is 46.6 Å². The van der Waals surface area contributed by atoms with E-state index < -0.39 is 0 Å². The van der Waals surface area contributed by atoms with Crippen molar-refractivity contribution in [3.05, 3.63) is 12.2 Å². The Morgan fingerprint density at radius 1 is 1.28 bits per heavy atom. The minimum atomic E-state index is -0.142. The van der Waals surface area contributed by atoms with E-state index in [1.165, 1.54) is 7.11 Å². The van der Waals surface area contributed by atoms with Crippen molar-refractivity contribution in [3.63, 3.8) is 0 Å². The highest BCUT2D eigenvalue weighted by molar-refractivity contribution is 5.80. The summed E-state index contributed by atoms with van der Waals surface area (Å²) in [5, 5.41) is 0. The first-order chi connectivity index (χ1) is 8.63. The Hall–Kier alpha value is -1.32. The van der Waals surface area contributed by atoms with E-state index in [9.17, 15) is 9.59 Å². The number of hydrogen-bond donors (Lipinski definition) is 0. The number of ether oxygens (including phenoxy) is 1. The molecule has 2 aliphatic rings. The standard InChI is InChI=1S/C14H21NO3/c1-10-9-15(8-7-12(10)14(17)18-2)13(16)11-5-3-4-6-11/h3-4,10-12H,5-9H2,1-2H3/t10-,12-/m1/s1. The summed E-state index contributed by atoms with van der Waals surface area (Å²) in [5.41, 5.74) is 0. The summed E-state index contributed by atoms with van der Waals surface area (Å²) in [6.07, 6.45) is 6.61. The van der Waals surface area contributed by atoms with E-state index >= 15 is 0 Å². The van der Waals surface area contributed by atoms with Crippen LogP contribution in [0.1, 0.15) is 26.2 Å². The van der Waals surface area contributed by atoms with Gasteiger partial charge in [0, 0.05) is 19.0 Å². The second-order valence-corrected chi connectivity index (χ2v) is 5.32. The zero-order chi connectivity index (χ0) is 13.1. The van der Waals surface area contributed by atoms with Crippen molar-refractivity contribution in [1.29, 1.82) is 0 Å². The number of esters is 1. The van der Waals surface area contributed by atoms with Crippen LogP contribution in [0.15, 0.2) is 12.2 Å². The van der Waals surface area contributed by atoms with Gasteiger partial charge in [-0.05, 0) is 25.2 Å². The Kier molecular flexibility index (Phi) is 4.04. The fourth-order valence-electron chi connectivity index (χ4n) is 2.92. The number of likely N-dealkylation sites (tertiary alicyclic amines) is 1. The SMILES string of the molecule is COC(=O)[C@@H]1CCN(C(=O)C2CC=CC2)C[C@H]1C. The Morgan fingerprint density at radius 3 is 2.50 bits per heavy atom. The molecule has 1 fully saturated rings. The zero-order valence-corrected chi connectivity index (χ0v) is 11.1. The third-order valence-corrected chi connectivity index (χ3v) is 4.08. The summed E-state index contributed by atoms with van der Waals surface area (Å²) in [6, 6.07) is 0. The molecule has 0 spiro atoms. The van der Waals surface area contributed by atoms with Crippen LogP contribution >= 0.6 is 0 Å². The molecule has 0 aromatic heterocycles. The number of rotatable bonds is 2. The molecular formula is C14H21NO3. The highest BCUT2D eigenvalue weighted by Crippen LogP contribution is 2.28.